The monoisotopic (exact) mass is 380 g/mol. The van der Waals surface area contributed by atoms with Crippen LogP contribution in [-0.2, 0) is 4.65 Å². The first-order valence-corrected chi connectivity index (χ1v) is 8.47. The van der Waals surface area contributed by atoms with Crippen molar-refractivity contribution in [2.45, 2.75) is 0 Å². The maximum atomic E-state index is 12.9. The summed E-state index contributed by atoms with van der Waals surface area (Å²) in [7, 11) is -3.06. The van der Waals surface area contributed by atoms with E-state index in [0.717, 1.165) is 17.5 Å². The lowest BCUT2D eigenvalue weighted by Crippen LogP contribution is -2.07. The van der Waals surface area contributed by atoms with Gasteiger partial charge in [-0.1, -0.05) is 0 Å². The quantitative estimate of drug-likeness (QED) is 0.165. The highest BCUT2D eigenvalue weighted by Crippen LogP contribution is 2.24. The van der Waals surface area contributed by atoms with E-state index in [1.807, 2.05) is 24.3 Å². The third kappa shape index (κ3) is 3.68. The number of H-pyrrole nitrogens is 4. The van der Waals surface area contributed by atoms with Gasteiger partial charge in [-0.05, 0) is 48.5 Å². The number of rotatable bonds is 7. The minimum absolute atomic E-state index is 0.242. The first-order valence-electron chi connectivity index (χ1n) is 8.47. The normalized spacial score (nSPS) is 11.6. The summed E-state index contributed by atoms with van der Waals surface area (Å²) in [5.41, 5.74) is 3.53. The van der Waals surface area contributed by atoms with Crippen molar-refractivity contribution < 1.29 is 18.1 Å². The van der Waals surface area contributed by atoms with Crippen molar-refractivity contribution in [3.05, 3.63) is 78.4 Å². The lowest BCUT2D eigenvalue weighted by atomic mass is 10.2. The number of carbonyl (C=O) groups is 1. The summed E-state index contributed by atoms with van der Waals surface area (Å²) in [6.45, 7) is 0. The van der Waals surface area contributed by atoms with Gasteiger partial charge in [-0.25, -0.2) is 8.63 Å². The van der Waals surface area contributed by atoms with E-state index >= 15 is 0 Å². The molecule has 0 fully saturated rings. The first kappa shape index (κ1) is 17.7. The van der Waals surface area contributed by atoms with E-state index in [-0.39, 0.29) is 17.1 Å². The Kier molecular flexibility index (Phi) is 4.71. The summed E-state index contributed by atoms with van der Waals surface area (Å²) in [6.07, 6.45) is 4.55. The molecule has 4 heterocycles. The number of hydrogen-bond donors (Lipinski definition) is 4. The van der Waals surface area contributed by atoms with E-state index in [1.54, 1.807) is 36.7 Å². The van der Waals surface area contributed by atoms with Crippen LogP contribution in [-0.4, -0.2) is 33.2 Å². The SMILES string of the molecule is O=C(/C=C(\OB(F)F)c1ccc(-c2ccc[nH]2)[nH]1)c1ccc(-c2ccc[nH]2)[nH]1. The molecule has 0 bridgehead atoms. The Morgan fingerprint density at radius 2 is 1.39 bits per heavy atom. The molecule has 0 aliphatic heterocycles. The molecule has 0 saturated heterocycles. The number of aromatic amines is 4. The van der Waals surface area contributed by atoms with Gasteiger partial charge in [0.2, 0.25) is 5.78 Å². The molecule has 0 spiro atoms. The Bertz CT molecular complexity index is 1100. The predicted octanol–water partition coefficient (Wildman–Crippen LogP) is 4.50. The van der Waals surface area contributed by atoms with Gasteiger partial charge >= 0.3 is 7.47 Å². The number of nitrogens with one attached hydrogen (secondary N) is 4. The largest absolute Gasteiger partial charge is 0.796 e. The van der Waals surface area contributed by atoms with Crippen molar-refractivity contribution in [2.24, 2.45) is 0 Å². The maximum absolute atomic E-state index is 12.9. The standard InChI is InChI=1S/C19H15BF2N4O2/c21-20(22)28-19(17-8-6-15(26-17)13-4-2-10-24-13)11-18(27)16-7-5-14(25-16)12-3-1-9-23-12/h1-11,23-26H/b19-11-. The van der Waals surface area contributed by atoms with Gasteiger partial charge in [-0.2, -0.15) is 0 Å². The number of halogens is 2. The molecule has 0 aliphatic carbocycles. The molecule has 28 heavy (non-hydrogen) atoms. The Labute approximate surface area is 158 Å². The van der Waals surface area contributed by atoms with Crippen molar-refractivity contribution in [1.29, 1.82) is 0 Å². The van der Waals surface area contributed by atoms with Gasteiger partial charge in [-0.3, -0.25) is 4.79 Å². The molecule has 0 aromatic carbocycles. The molecule has 0 aliphatic rings. The van der Waals surface area contributed by atoms with Crippen LogP contribution in [0.4, 0.5) is 8.63 Å². The topological polar surface area (TPSA) is 89.5 Å². The van der Waals surface area contributed by atoms with Crippen molar-refractivity contribution >= 4 is 19.0 Å². The van der Waals surface area contributed by atoms with Crippen molar-refractivity contribution in [1.82, 2.24) is 19.9 Å². The Morgan fingerprint density at radius 3 is 1.93 bits per heavy atom. The van der Waals surface area contributed by atoms with Crippen molar-refractivity contribution in [2.75, 3.05) is 0 Å². The highest BCUT2D eigenvalue weighted by molar-refractivity contribution is 6.36. The molecule has 4 aromatic rings. The van der Waals surface area contributed by atoms with Gasteiger partial charge in [0.05, 0.1) is 34.2 Å². The first-order chi connectivity index (χ1) is 13.6. The van der Waals surface area contributed by atoms with Crippen LogP contribution < -0.4 is 0 Å². The van der Waals surface area contributed by atoms with E-state index in [0.29, 0.717) is 11.4 Å². The van der Waals surface area contributed by atoms with Gasteiger partial charge in [-0.15, -0.1) is 0 Å². The zero-order valence-electron chi connectivity index (χ0n) is 14.5. The van der Waals surface area contributed by atoms with Gasteiger partial charge in [0.25, 0.3) is 0 Å². The van der Waals surface area contributed by atoms with Gasteiger partial charge in [0.15, 0.2) is 0 Å². The zero-order valence-corrected chi connectivity index (χ0v) is 14.5. The average Bonchev–Trinajstić information content (AvgIpc) is 3.49. The van der Waals surface area contributed by atoms with Crippen LogP contribution in [0.1, 0.15) is 16.2 Å². The summed E-state index contributed by atoms with van der Waals surface area (Å²) in [5.74, 6) is -0.724. The number of hydrogen-bond acceptors (Lipinski definition) is 2. The molecular weight excluding hydrogens is 365 g/mol. The van der Waals surface area contributed by atoms with Crippen LogP contribution in [0.2, 0.25) is 0 Å². The summed E-state index contributed by atoms with van der Waals surface area (Å²) in [5, 5.41) is 0. The second-order valence-electron chi connectivity index (χ2n) is 5.99. The fraction of sp³-hybridized carbons (Fsp3) is 0. The molecule has 0 saturated carbocycles. The van der Waals surface area contributed by atoms with Crippen LogP contribution in [0.5, 0.6) is 0 Å². The number of ketones is 1. The van der Waals surface area contributed by atoms with Gasteiger partial charge in [0.1, 0.15) is 5.76 Å². The number of aromatic nitrogens is 4. The van der Waals surface area contributed by atoms with E-state index in [4.69, 9.17) is 0 Å². The summed E-state index contributed by atoms with van der Waals surface area (Å²) < 4.78 is 30.4. The molecule has 4 N–H and O–H groups in total. The highest BCUT2D eigenvalue weighted by Gasteiger charge is 2.22. The number of carbonyl (C=O) groups excluding carboxylic acids is 1. The fourth-order valence-electron chi connectivity index (χ4n) is 2.86. The predicted molar refractivity (Wildman–Crippen MR) is 103 cm³/mol. The van der Waals surface area contributed by atoms with Crippen LogP contribution in [0, 0.1) is 0 Å². The van der Waals surface area contributed by atoms with Gasteiger partial charge in [0, 0.05) is 18.5 Å². The Morgan fingerprint density at radius 1 is 0.821 bits per heavy atom. The molecular formula is C19H15BF2N4O2. The summed E-state index contributed by atoms with van der Waals surface area (Å²) >= 11 is 0. The molecule has 4 rings (SSSR count). The number of allylic oxidation sites excluding steroid dienone is 1. The Balaban J connectivity index is 1.62. The smallest absolute Gasteiger partial charge is 0.503 e. The van der Waals surface area contributed by atoms with Crippen LogP contribution >= 0.6 is 0 Å². The molecule has 0 atom stereocenters. The minimum Gasteiger partial charge on any atom is -0.503 e. The molecule has 0 radical (unpaired) electrons. The third-order valence-electron chi connectivity index (χ3n) is 4.16. The lowest BCUT2D eigenvalue weighted by molar-refractivity contribution is 0.104. The second-order valence-corrected chi connectivity index (χ2v) is 5.99. The fourth-order valence-corrected chi connectivity index (χ4v) is 2.86. The second kappa shape index (κ2) is 7.47. The average molecular weight is 380 g/mol. The molecule has 0 unspecified atom stereocenters. The molecule has 6 nitrogen and oxygen atoms in total. The summed E-state index contributed by atoms with van der Waals surface area (Å²) in [4.78, 5) is 24.6. The van der Waals surface area contributed by atoms with Crippen molar-refractivity contribution in [3.63, 3.8) is 0 Å². The molecule has 4 aromatic heterocycles. The summed E-state index contributed by atoms with van der Waals surface area (Å²) in [6, 6.07) is 14.0. The van der Waals surface area contributed by atoms with Crippen molar-refractivity contribution in [3.8, 4) is 22.8 Å². The van der Waals surface area contributed by atoms with Crippen LogP contribution in [0.3, 0.4) is 0 Å². The minimum atomic E-state index is -3.06. The van der Waals surface area contributed by atoms with E-state index < -0.39 is 13.3 Å². The van der Waals surface area contributed by atoms with Gasteiger partial charge < -0.3 is 24.6 Å². The molecule has 0 amide bonds. The van der Waals surface area contributed by atoms with Crippen LogP contribution in [0.15, 0.2) is 67.0 Å². The van der Waals surface area contributed by atoms with E-state index in [1.165, 1.54) is 0 Å². The van der Waals surface area contributed by atoms with E-state index in [2.05, 4.69) is 24.6 Å². The third-order valence-corrected chi connectivity index (χ3v) is 4.16. The maximum Gasteiger partial charge on any atom is 0.796 e. The Hall–Kier alpha value is -3.75. The van der Waals surface area contributed by atoms with Crippen LogP contribution in [0.25, 0.3) is 28.5 Å². The highest BCUT2D eigenvalue weighted by atomic mass is 19.2. The lowest BCUT2D eigenvalue weighted by Gasteiger charge is -2.06. The zero-order chi connectivity index (χ0) is 19.5. The van der Waals surface area contributed by atoms with E-state index in [9.17, 15) is 13.4 Å². The molecule has 140 valence electrons. The molecule has 9 heteroatoms.